The summed E-state index contributed by atoms with van der Waals surface area (Å²) in [7, 11) is 0. The van der Waals surface area contributed by atoms with Crippen LogP contribution in [0.25, 0.3) is 0 Å². The standard InChI is InChI=1S/C13H17/c1-11-7-9-13(10-8-11)12-5-3-2-4-6-12/h7-10,12H,1-6H2. The van der Waals surface area contributed by atoms with Crippen molar-refractivity contribution in [2.45, 2.75) is 38.0 Å². The van der Waals surface area contributed by atoms with Crippen molar-refractivity contribution in [3.63, 3.8) is 0 Å². The van der Waals surface area contributed by atoms with Gasteiger partial charge in [0.1, 0.15) is 0 Å². The molecule has 1 fully saturated rings. The molecule has 1 aromatic carbocycles. The van der Waals surface area contributed by atoms with Crippen LogP contribution in [-0.2, 0) is 0 Å². The molecule has 1 radical (unpaired) electrons. The summed E-state index contributed by atoms with van der Waals surface area (Å²) in [6.45, 7) is 3.91. The van der Waals surface area contributed by atoms with Crippen LogP contribution < -0.4 is 0 Å². The van der Waals surface area contributed by atoms with Crippen LogP contribution in [0.15, 0.2) is 24.3 Å². The van der Waals surface area contributed by atoms with E-state index in [4.69, 9.17) is 0 Å². The quantitative estimate of drug-likeness (QED) is 0.604. The van der Waals surface area contributed by atoms with Crippen LogP contribution in [0.3, 0.4) is 0 Å². The molecule has 1 saturated carbocycles. The average Bonchev–Trinajstić information content (AvgIpc) is 2.20. The minimum absolute atomic E-state index is 0.828. The maximum absolute atomic E-state index is 3.91. The Bertz CT molecular complexity index is 252. The third-order valence-electron chi connectivity index (χ3n) is 3.06. The number of rotatable bonds is 1. The first-order chi connectivity index (χ1) is 6.36. The van der Waals surface area contributed by atoms with Gasteiger partial charge >= 0.3 is 0 Å². The molecule has 0 saturated heterocycles. The van der Waals surface area contributed by atoms with E-state index in [0.29, 0.717) is 0 Å². The van der Waals surface area contributed by atoms with E-state index in [1.807, 2.05) is 0 Å². The number of benzene rings is 1. The zero-order valence-corrected chi connectivity index (χ0v) is 8.13. The predicted molar refractivity (Wildman–Crippen MR) is 56.7 cm³/mol. The van der Waals surface area contributed by atoms with E-state index in [1.54, 1.807) is 0 Å². The molecule has 0 atom stereocenters. The molecule has 1 aliphatic carbocycles. The van der Waals surface area contributed by atoms with Crippen LogP contribution >= 0.6 is 0 Å². The van der Waals surface area contributed by atoms with E-state index < -0.39 is 0 Å². The molecule has 0 aromatic heterocycles. The van der Waals surface area contributed by atoms with Crippen molar-refractivity contribution in [2.75, 3.05) is 0 Å². The summed E-state index contributed by atoms with van der Waals surface area (Å²) < 4.78 is 0. The highest BCUT2D eigenvalue weighted by atomic mass is 14.2. The van der Waals surface area contributed by atoms with Crippen molar-refractivity contribution in [2.24, 2.45) is 0 Å². The fourth-order valence-electron chi connectivity index (χ4n) is 2.23. The Morgan fingerprint density at radius 3 is 2.15 bits per heavy atom. The largest absolute Gasteiger partial charge is 0.0587 e. The molecule has 0 nitrogen and oxygen atoms in total. The fraction of sp³-hybridized carbons (Fsp3) is 0.462. The van der Waals surface area contributed by atoms with E-state index in [1.165, 1.54) is 37.7 Å². The van der Waals surface area contributed by atoms with Crippen molar-refractivity contribution in [3.05, 3.63) is 42.3 Å². The van der Waals surface area contributed by atoms with Gasteiger partial charge in [-0.05, 0) is 36.8 Å². The van der Waals surface area contributed by atoms with E-state index in [2.05, 4.69) is 31.2 Å². The van der Waals surface area contributed by atoms with Gasteiger partial charge < -0.3 is 0 Å². The summed E-state index contributed by atoms with van der Waals surface area (Å²) in [6.07, 6.45) is 7.03. The zero-order valence-electron chi connectivity index (χ0n) is 8.13. The minimum atomic E-state index is 0.828. The molecule has 0 bridgehead atoms. The van der Waals surface area contributed by atoms with Gasteiger partial charge in [-0.3, -0.25) is 0 Å². The molecule has 0 N–H and O–H groups in total. The lowest BCUT2D eigenvalue weighted by Gasteiger charge is -2.21. The lowest BCUT2D eigenvalue weighted by atomic mass is 9.84. The molecule has 1 aliphatic rings. The highest BCUT2D eigenvalue weighted by Crippen LogP contribution is 2.32. The summed E-state index contributed by atoms with van der Waals surface area (Å²) in [5.41, 5.74) is 2.65. The Balaban J connectivity index is 2.10. The summed E-state index contributed by atoms with van der Waals surface area (Å²) in [5.74, 6) is 0.828. The summed E-state index contributed by atoms with van der Waals surface area (Å²) in [4.78, 5) is 0. The molecular weight excluding hydrogens is 156 g/mol. The van der Waals surface area contributed by atoms with Gasteiger partial charge in [0.2, 0.25) is 0 Å². The maximum Gasteiger partial charge on any atom is -0.0162 e. The summed E-state index contributed by atoms with van der Waals surface area (Å²) in [6, 6.07) is 8.75. The van der Waals surface area contributed by atoms with E-state index in [9.17, 15) is 0 Å². The van der Waals surface area contributed by atoms with Gasteiger partial charge in [-0.15, -0.1) is 0 Å². The number of hydrogen-bond donors (Lipinski definition) is 0. The van der Waals surface area contributed by atoms with Crippen molar-refractivity contribution in [1.82, 2.24) is 0 Å². The SMILES string of the molecule is [CH2]c1ccc(C2CCCCC2)cc1. The maximum atomic E-state index is 3.91. The van der Waals surface area contributed by atoms with E-state index in [-0.39, 0.29) is 0 Å². The smallest absolute Gasteiger partial charge is 0.0162 e. The van der Waals surface area contributed by atoms with Gasteiger partial charge in [0, 0.05) is 0 Å². The Morgan fingerprint density at radius 1 is 0.923 bits per heavy atom. The number of hydrogen-bond acceptors (Lipinski definition) is 0. The second-order valence-electron chi connectivity index (χ2n) is 4.08. The topological polar surface area (TPSA) is 0 Å². The van der Waals surface area contributed by atoms with Crippen molar-refractivity contribution >= 4 is 0 Å². The molecule has 0 heteroatoms. The van der Waals surface area contributed by atoms with Crippen LogP contribution in [0.5, 0.6) is 0 Å². The predicted octanol–water partition coefficient (Wildman–Crippen LogP) is 3.92. The first-order valence-electron chi connectivity index (χ1n) is 5.28. The van der Waals surface area contributed by atoms with Crippen LogP contribution in [0.4, 0.5) is 0 Å². The zero-order chi connectivity index (χ0) is 9.10. The van der Waals surface area contributed by atoms with Gasteiger partial charge in [-0.25, -0.2) is 0 Å². The van der Waals surface area contributed by atoms with Gasteiger partial charge in [-0.1, -0.05) is 43.5 Å². The monoisotopic (exact) mass is 173 g/mol. The lowest BCUT2D eigenvalue weighted by Crippen LogP contribution is -2.04. The lowest BCUT2D eigenvalue weighted by molar-refractivity contribution is 0.443. The van der Waals surface area contributed by atoms with Crippen LogP contribution in [0.2, 0.25) is 0 Å². The second-order valence-corrected chi connectivity index (χ2v) is 4.08. The van der Waals surface area contributed by atoms with Gasteiger partial charge in [0.25, 0.3) is 0 Å². The van der Waals surface area contributed by atoms with Crippen LogP contribution in [0.1, 0.15) is 49.1 Å². The van der Waals surface area contributed by atoms with Gasteiger partial charge in [0.15, 0.2) is 0 Å². The third kappa shape index (κ3) is 2.12. The second kappa shape index (κ2) is 3.95. The Kier molecular flexibility index (Phi) is 2.68. The first-order valence-corrected chi connectivity index (χ1v) is 5.28. The molecule has 0 spiro atoms. The van der Waals surface area contributed by atoms with Gasteiger partial charge in [0.05, 0.1) is 0 Å². The molecule has 0 heterocycles. The molecule has 0 unspecified atom stereocenters. The molecule has 13 heavy (non-hydrogen) atoms. The van der Waals surface area contributed by atoms with Crippen LogP contribution in [0, 0.1) is 6.92 Å². The van der Waals surface area contributed by atoms with Gasteiger partial charge in [-0.2, -0.15) is 0 Å². The van der Waals surface area contributed by atoms with Crippen molar-refractivity contribution in [3.8, 4) is 0 Å². The molecule has 69 valence electrons. The van der Waals surface area contributed by atoms with Crippen molar-refractivity contribution in [1.29, 1.82) is 0 Å². The Morgan fingerprint density at radius 2 is 1.54 bits per heavy atom. The average molecular weight is 173 g/mol. The molecule has 1 aromatic rings. The third-order valence-corrected chi connectivity index (χ3v) is 3.06. The first kappa shape index (κ1) is 8.80. The van der Waals surface area contributed by atoms with E-state index in [0.717, 1.165) is 11.5 Å². The molecular formula is C13H17. The normalized spacial score (nSPS) is 18.8. The van der Waals surface area contributed by atoms with Crippen molar-refractivity contribution < 1.29 is 0 Å². The van der Waals surface area contributed by atoms with E-state index >= 15 is 0 Å². The highest BCUT2D eigenvalue weighted by molar-refractivity contribution is 5.26. The van der Waals surface area contributed by atoms with Crippen LogP contribution in [-0.4, -0.2) is 0 Å². The summed E-state index contributed by atoms with van der Waals surface area (Å²) >= 11 is 0. The molecule has 0 aliphatic heterocycles. The fourth-order valence-corrected chi connectivity index (χ4v) is 2.23. The highest BCUT2D eigenvalue weighted by Gasteiger charge is 2.14. The minimum Gasteiger partial charge on any atom is -0.0587 e. The summed E-state index contributed by atoms with van der Waals surface area (Å²) in [5, 5.41) is 0. The Hall–Kier alpha value is -0.780. The molecule has 2 rings (SSSR count). The molecule has 0 amide bonds. The Labute approximate surface area is 81.0 Å².